The van der Waals surface area contributed by atoms with E-state index in [1.807, 2.05) is 51.9 Å². The minimum Gasteiger partial charge on any atom is -0.497 e. The summed E-state index contributed by atoms with van der Waals surface area (Å²) < 4.78 is 12.9. The lowest BCUT2D eigenvalue weighted by Crippen LogP contribution is -2.33. The second kappa shape index (κ2) is 10.3. The van der Waals surface area contributed by atoms with E-state index in [1.54, 1.807) is 14.2 Å². The molecule has 1 unspecified atom stereocenters. The Morgan fingerprint density at radius 2 is 1.86 bits per heavy atom. The summed E-state index contributed by atoms with van der Waals surface area (Å²) in [6.07, 6.45) is 6.00. The van der Waals surface area contributed by atoms with Crippen LogP contribution in [0.15, 0.2) is 52.4 Å². The number of benzene rings is 2. The summed E-state index contributed by atoms with van der Waals surface area (Å²) in [7, 11) is 3.29. The van der Waals surface area contributed by atoms with Gasteiger partial charge in [0.25, 0.3) is 5.56 Å². The van der Waals surface area contributed by atoms with Crippen molar-refractivity contribution in [2.45, 2.75) is 55.8 Å². The summed E-state index contributed by atoms with van der Waals surface area (Å²) in [6, 6.07) is 13.3. The number of nitrogens with zero attached hydrogens (tertiary/aromatic N) is 3. The summed E-state index contributed by atoms with van der Waals surface area (Å²) in [5.74, 6) is 1.79. The second-order valence-corrected chi connectivity index (χ2v) is 10.1. The number of thioether (sulfide) groups is 1. The number of fused-ring (bicyclic) bond motifs is 1. The van der Waals surface area contributed by atoms with Crippen LogP contribution in [0.1, 0.15) is 56.2 Å². The normalized spacial score (nSPS) is 18.3. The van der Waals surface area contributed by atoms with Crippen molar-refractivity contribution >= 4 is 28.6 Å². The summed E-state index contributed by atoms with van der Waals surface area (Å²) in [4.78, 5) is 33.6. The molecule has 184 valence electrons. The first-order chi connectivity index (χ1) is 17.1. The van der Waals surface area contributed by atoms with Crippen molar-refractivity contribution in [3.05, 3.63) is 58.4 Å². The molecule has 1 aliphatic heterocycles. The van der Waals surface area contributed by atoms with Crippen molar-refractivity contribution in [2.24, 2.45) is 0 Å². The summed E-state index contributed by atoms with van der Waals surface area (Å²) in [6.45, 7) is 0.699. The van der Waals surface area contributed by atoms with Crippen LogP contribution in [-0.2, 0) is 4.79 Å². The highest BCUT2D eigenvalue weighted by Gasteiger charge is 2.32. The Morgan fingerprint density at radius 1 is 1.06 bits per heavy atom. The van der Waals surface area contributed by atoms with Gasteiger partial charge in [0.1, 0.15) is 11.5 Å². The average Bonchev–Trinajstić information content (AvgIpc) is 3.59. The lowest BCUT2D eigenvalue weighted by molar-refractivity contribution is -0.129. The number of methoxy groups -OCH3 is 2. The maximum atomic E-state index is 13.5. The minimum atomic E-state index is -0.0604. The SMILES string of the molecule is COc1ccc(OC)c(C2CCCN2C(=O)CSc2nc3ccccc3c(=O)n2C2CCCC2)c1. The van der Waals surface area contributed by atoms with Crippen molar-refractivity contribution in [1.82, 2.24) is 14.5 Å². The van der Waals surface area contributed by atoms with Gasteiger partial charge in [0.2, 0.25) is 5.91 Å². The number of para-hydroxylation sites is 1. The minimum absolute atomic E-state index is 0.00221. The van der Waals surface area contributed by atoms with Gasteiger partial charge in [-0.2, -0.15) is 0 Å². The number of hydrogen-bond donors (Lipinski definition) is 0. The molecular weight excluding hydrogens is 462 g/mol. The Balaban J connectivity index is 1.41. The fourth-order valence-electron chi connectivity index (χ4n) is 5.41. The maximum absolute atomic E-state index is 13.5. The number of ether oxygens (including phenoxy) is 2. The fraction of sp³-hybridized carbons (Fsp3) is 0.444. The van der Waals surface area contributed by atoms with Gasteiger partial charge < -0.3 is 14.4 Å². The van der Waals surface area contributed by atoms with Crippen molar-refractivity contribution < 1.29 is 14.3 Å². The van der Waals surface area contributed by atoms with E-state index in [-0.39, 0.29) is 29.3 Å². The van der Waals surface area contributed by atoms with Gasteiger partial charge in [-0.1, -0.05) is 36.7 Å². The van der Waals surface area contributed by atoms with E-state index < -0.39 is 0 Å². The Labute approximate surface area is 209 Å². The third-order valence-corrected chi connectivity index (χ3v) is 8.10. The molecule has 35 heavy (non-hydrogen) atoms. The molecule has 7 nitrogen and oxygen atoms in total. The van der Waals surface area contributed by atoms with Gasteiger partial charge in [-0.15, -0.1) is 0 Å². The highest BCUT2D eigenvalue weighted by molar-refractivity contribution is 7.99. The molecule has 0 radical (unpaired) electrons. The molecule has 5 rings (SSSR count). The standard InChI is InChI=1S/C27H31N3O4S/c1-33-19-13-14-24(34-2)21(16-19)23-12-7-15-29(23)25(31)17-35-27-28-22-11-6-5-10-20(22)26(32)30(27)18-8-3-4-9-18/h5-6,10-11,13-14,16,18,23H,3-4,7-9,12,15,17H2,1-2H3. The van der Waals surface area contributed by atoms with Crippen LogP contribution in [0.2, 0.25) is 0 Å². The molecule has 1 amide bonds. The Morgan fingerprint density at radius 3 is 2.63 bits per heavy atom. The van der Waals surface area contributed by atoms with E-state index in [2.05, 4.69) is 0 Å². The Kier molecular flexibility index (Phi) is 7.00. The van der Waals surface area contributed by atoms with E-state index in [4.69, 9.17) is 14.5 Å². The zero-order valence-corrected chi connectivity index (χ0v) is 21.1. The highest BCUT2D eigenvalue weighted by atomic mass is 32.2. The summed E-state index contributed by atoms with van der Waals surface area (Å²) in [5, 5.41) is 1.28. The highest BCUT2D eigenvalue weighted by Crippen LogP contribution is 2.39. The van der Waals surface area contributed by atoms with E-state index in [1.165, 1.54) is 11.8 Å². The van der Waals surface area contributed by atoms with E-state index in [0.717, 1.165) is 55.6 Å². The Hall–Kier alpha value is -3.00. The molecule has 1 aromatic heterocycles. The largest absolute Gasteiger partial charge is 0.497 e. The van der Waals surface area contributed by atoms with Crippen LogP contribution < -0.4 is 15.0 Å². The van der Waals surface area contributed by atoms with Gasteiger partial charge in [-0.25, -0.2) is 4.98 Å². The number of aromatic nitrogens is 2. The molecule has 2 heterocycles. The molecule has 1 saturated carbocycles. The predicted molar refractivity (Wildman–Crippen MR) is 137 cm³/mol. The van der Waals surface area contributed by atoms with Crippen LogP contribution in [0.25, 0.3) is 10.9 Å². The lowest BCUT2D eigenvalue weighted by Gasteiger charge is -2.27. The summed E-state index contributed by atoms with van der Waals surface area (Å²) >= 11 is 1.38. The van der Waals surface area contributed by atoms with Crippen LogP contribution >= 0.6 is 11.8 Å². The maximum Gasteiger partial charge on any atom is 0.262 e. The number of amides is 1. The first-order valence-electron chi connectivity index (χ1n) is 12.3. The van der Waals surface area contributed by atoms with Gasteiger partial charge in [0.15, 0.2) is 5.16 Å². The predicted octanol–water partition coefficient (Wildman–Crippen LogP) is 4.98. The van der Waals surface area contributed by atoms with Crippen LogP contribution in [0, 0.1) is 0 Å². The molecule has 0 bridgehead atoms. The monoisotopic (exact) mass is 493 g/mol. The molecule has 8 heteroatoms. The quantitative estimate of drug-likeness (QED) is 0.341. The molecule has 2 aromatic carbocycles. The molecule has 0 spiro atoms. The van der Waals surface area contributed by atoms with Crippen LogP contribution in [0.4, 0.5) is 0 Å². The average molecular weight is 494 g/mol. The third-order valence-electron chi connectivity index (χ3n) is 7.16. The topological polar surface area (TPSA) is 73.7 Å². The van der Waals surface area contributed by atoms with Crippen molar-refractivity contribution in [3.8, 4) is 11.5 Å². The molecule has 1 atom stereocenters. The first kappa shape index (κ1) is 23.7. The number of hydrogen-bond acceptors (Lipinski definition) is 6. The summed E-state index contributed by atoms with van der Waals surface area (Å²) in [5.41, 5.74) is 1.65. The van der Waals surface area contributed by atoms with E-state index in [9.17, 15) is 9.59 Å². The van der Waals surface area contributed by atoms with Gasteiger partial charge in [-0.05, 0) is 56.0 Å². The number of rotatable bonds is 7. The second-order valence-electron chi connectivity index (χ2n) is 9.17. The van der Waals surface area contributed by atoms with E-state index in [0.29, 0.717) is 22.6 Å². The van der Waals surface area contributed by atoms with Crippen LogP contribution in [0.5, 0.6) is 11.5 Å². The smallest absolute Gasteiger partial charge is 0.262 e. The van der Waals surface area contributed by atoms with Crippen molar-refractivity contribution in [2.75, 3.05) is 26.5 Å². The van der Waals surface area contributed by atoms with Crippen molar-refractivity contribution in [3.63, 3.8) is 0 Å². The van der Waals surface area contributed by atoms with E-state index >= 15 is 0 Å². The van der Waals surface area contributed by atoms with Crippen molar-refractivity contribution in [1.29, 1.82) is 0 Å². The molecular formula is C27H31N3O4S. The lowest BCUT2D eigenvalue weighted by atomic mass is 10.0. The number of likely N-dealkylation sites (tertiary alicyclic amines) is 1. The molecule has 2 fully saturated rings. The van der Waals surface area contributed by atoms with Gasteiger partial charge in [-0.3, -0.25) is 14.2 Å². The molecule has 3 aromatic rings. The Bertz CT molecular complexity index is 1290. The zero-order valence-electron chi connectivity index (χ0n) is 20.2. The molecule has 1 aliphatic carbocycles. The molecule has 1 saturated heterocycles. The van der Waals surface area contributed by atoms with Gasteiger partial charge in [0, 0.05) is 18.2 Å². The molecule has 0 N–H and O–H groups in total. The van der Waals surface area contributed by atoms with Gasteiger partial charge in [0.05, 0.1) is 36.9 Å². The zero-order chi connectivity index (χ0) is 24.4. The number of carbonyl (C=O) groups excluding carboxylic acids is 1. The first-order valence-corrected chi connectivity index (χ1v) is 13.2. The van der Waals surface area contributed by atoms with Crippen LogP contribution in [0.3, 0.4) is 0 Å². The third kappa shape index (κ3) is 4.63. The number of carbonyl (C=O) groups is 1. The van der Waals surface area contributed by atoms with Crippen LogP contribution in [-0.4, -0.2) is 46.9 Å². The van der Waals surface area contributed by atoms with Gasteiger partial charge >= 0.3 is 0 Å². The molecule has 2 aliphatic rings. The fourth-order valence-corrected chi connectivity index (χ4v) is 6.36.